The summed E-state index contributed by atoms with van der Waals surface area (Å²) in [7, 11) is 0. The molecular weight excluding hydrogens is 348 g/mol. The zero-order valence-electron chi connectivity index (χ0n) is 14.3. The van der Waals surface area contributed by atoms with Crippen LogP contribution in [-0.2, 0) is 9.47 Å². The fourth-order valence-corrected chi connectivity index (χ4v) is 3.59. The number of anilines is 1. The van der Waals surface area contributed by atoms with Gasteiger partial charge in [-0.2, -0.15) is 5.26 Å². The van der Waals surface area contributed by atoms with E-state index in [4.69, 9.17) is 14.7 Å². The van der Waals surface area contributed by atoms with Crippen LogP contribution in [0.15, 0.2) is 18.2 Å². The van der Waals surface area contributed by atoms with Crippen LogP contribution in [0.3, 0.4) is 0 Å². The minimum Gasteiger partial charge on any atom is -0.379 e. The summed E-state index contributed by atoms with van der Waals surface area (Å²) in [5.74, 6) is -4.00. The lowest BCUT2D eigenvalue weighted by Crippen LogP contribution is -2.55. The standard InChI is InChI=1S/C17H19F2N3O4/c1-15(10-16(25-6-7-26-16)4-5-17(15,18)19)11-21-13-8-12(9-20)2-3-14(13)22(23)24/h2-3,8,21H,4-7,10-11H2,1H3. The first-order valence-corrected chi connectivity index (χ1v) is 8.29. The molecule has 9 heteroatoms. The van der Waals surface area contributed by atoms with E-state index < -0.39 is 22.0 Å². The molecule has 0 aromatic heterocycles. The first kappa shape index (κ1) is 18.5. The molecule has 2 fully saturated rings. The fourth-order valence-electron chi connectivity index (χ4n) is 3.59. The van der Waals surface area contributed by atoms with Crippen molar-refractivity contribution in [3.63, 3.8) is 0 Å². The highest BCUT2D eigenvalue weighted by Gasteiger charge is 2.60. The number of ether oxygens (including phenoxy) is 2. The van der Waals surface area contributed by atoms with E-state index in [9.17, 15) is 18.9 Å². The molecule has 140 valence electrons. The van der Waals surface area contributed by atoms with Gasteiger partial charge in [0.15, 0.2) is 5.79 Å². The van der Waals surface area contributed by atoms with E-state index in [1.165, 1.54) is 25.1 Å². The zero-order chi connectivity index (χ0) is 19.0. The van der Waals surface area contributed by atoms with Gasteiger partial charge in [-0.05, 0) is 12.1 Å². The fraction of sp³-hybridized carbons (Fsp3) is 0.588. The zero-order valence-corrected chi connectivity index (χ0v) is 14.3. The van der Waals surface area contributed by atoms with E-state index in [2.05, 4.69) is 5.32 Å². The van der Waals surface area contributed by atoms with Crippen molar-refractivity contribution in [2.75, 3.05) is 25.1 Å². The van der Waals surface area contributed by atoms with Crippen LogP contribution in [-0.4, -0.2) is 36.4 Å². The van der Waals surface area contributed by atoms with Gasteiger partial charge in [0.05, 0.1) is 35.2 Å². The number of rotatable bonds is 4. The number of nitro benzene ring substituents is 1. The molecule has 1 aromatic carbocycles. The lowest BCUT2D eigenvalue weighted by atomic mass is 9.69. The summed E-state index contributed by atoms with van der Waals surface area (Å²) in [5.41, 5.74) is -1.54. The number of nitrogens with zero attached hydrogens (tertiary/aromatic N) is 2. The molecule has 7 nitrogen and oxygen atoms in total. The van der Waals surface area contributed by atoms with Crippen LogP contribution in [0, 0.1) is 26.9 Å². The number of nitrogens with one attached hydrogen (secondary N) is 1. The van der Waals surface area contributed by atoms with E-state index in [1.807, 2.05) is 6.07 Å². The lowest BCUT2D eigenvalue weighted by Gasteiger charge is -2.47. The van der Waals surface area contributed by atoms with Crippen LogP contribution in [0.2, 0.25) is 0 Å². The van der Waals surface area contributed by atoms with Crippen LogP contribution < -0.4 is 5.32 Å². The Hall–Kier alpha value is -2.31. The Balaban J connectivity index is 1.85. The summed E-state index contributed by atoms with van der Waals surface area (Å²) in [5, 5.41) is 22.9. The Morgan fingerprint density at radius 2 is 2.04 bits per heavy atom. The van der Waals surface area contributed by atoms with Crippen molar-refractivity contribution in [2.24, 2.45) is 5.41 Å². The molecule has 0 bridgehead atoms. The lowest BCUT2D eigenvalue weighted by molar-refractivity contribution is -0.384. The van der Waals surface area contributed by atoms with E-state index in [0.717, 1.165) is 0 Å². The molecule has 0 amide bonds. The SMILES string of the molecule is CC1(CNc2cc(C#N)ccc2[N+](=O)[O-])CC2(CCC1(F)F)OCCO2. The molecule has 26 heavy (non-hydrogen) atoms. The van der Waals surface area contributed by atoms with Gasteiger partial charge < -0.3 is 14.8 Å². The molecule has 0 radical (unpaired) electrons. The molecule has 3 rings (SSSR count). The molecule has 1 heterocycles. The number of hydrogen-bond acceptors (Lipinski definition) is 6. The summed E-state index contributed by atoms with van der Waals surface area (Å²) < 4.78 is 40.5. The second-order valence-corrected chi connectivity index (χ2v) is 7.00. The summed E-state index contributed by atoms with van der Waals surface area (Å²) in [6.45, 7) is 1.94. The largest absolute Gasteiger partial charge is 0.379 e. The highest BCUT2D eigenvalue weighted by atomic mass is 19.3. The number of benzene rings is 1. The molecule has 1 unspecified atom stereocenters. The van der Waals surface area contributed by atoms with Crippen molar-refractivity contribution in [1.82, 2.24) is 0 Å². The van der Waals surface area contributed by atoms with Crippen molar-refractivity contribution in [3.8, 4) is 6.07 Å². The van der Waals surface area contributed by atoms with Crippen LogP contribution in [0.1, 0.15) is 31.7 Å². The molecule has 2 aliphatic rings. The molecule has 1 aliphatic heterocycles. The topological polar surface area (TPSA) is 97.4 Å². The summed E-state index contributed by atoms with van der Waals surface area (Å²) in [4.78, 5) is 10.6. The first-order chi connectivity index (χ1) is 12.2. The van der Waals surface area contributed by atoms with Crippen molar-refractivity contribution < 1.29 is 23.2 Å². The van der Waals surface area contributed by atoms with Gasteiger partial charge in [0, 0.05) is 31.9 Å². The Bertz CT molecular complexity index is 759. The van der Waals surface area contributed by atoms with Gasteiger partial charge in [0.2, 0.25) is 0 Å². The molecule has 1 saturated carbocycles. The number of nitro groups is 1. The third-order valence-corrected chi connectivity index (χ3v) is 5.17. The minimum absolute atomic E-state index is 0.0221. The predicted octanol–water partition coefficient (Wildman–Crippen LogP) is 3.45. The van der Waals surface area contributed by atoms with Gasteiger partial charge in [-0.1, -0.05) is 6.92 Å². The molecular formula is C17H19F2N3O4. The van der Waals surface area contributed by atoms with Crippen LogP contribution in [0.4, 0.5) is 20.2 Å². The molecule has 1 saturated heterocycles. The van der Waals surface area contributed by atoms with Crippen LogP contribution in [0.25, 0.3) is 0 Å². The highest BCUT2D eigenvalue weighted by molar-refractivity contribution is 5.64. The third-order valence-electron chi connectivity index (χ3n) is 5.17. The summed E-state index contributed by atoms with van der Waals surface area (Å²) in [6, 6.07) is 5.68. The maximum Gasteiger partial charge on any atom is 0.292 e. The Labute approximate surface area is 149 Å². The number of hydrogen-bond donors (Lipinski definition) is 1. The van der Waals surface area contributed by atoms with E-state index in [1.54, 1.807) is 0 Å². The Kier molecular flexibility index (Phi) is 4.58. The highest BCUT2D eigenvalue weighted by Crippen LogP contribution is 2.53. The molecule has 1 aromatic rings. The smallest absolute Gasteiger partial charge is 0.292 e. The van der Waals surface area contributed by atoms with Crippen molar-refractivity contribution in [2.45, 2.75) is 37.9 Å². The second-order valence-electron chi connectivity index (χ2n) is 7.00. The van der Waals surface area contributed by atoms with Gasteiger partial charge in [-0.15, -0.1) is 0 Å². The molecule has 1 spiro atoms. The normalized spacial score (nSPS) is 26.4. The maximum atomic E-state index is 14.7. The minimum atomic E-state index is -2.98. The van der Waals surface area contributed by atoms with E-state index in [-0.39, 0.29) is 42.7 Å². The van der Waals surface area contributed by atoms with Gasteiger partial charge >= 0.3 is 0 Å². The van der Waals surface area contributed by atoms with Gasteiger partial charge in [-0.25, -0.2) is 8.78 Å². The average molecular weight is 367 g/mol. The van der Waals surface area contributed by atoms with Gasteiger partial charge in [0.25, 0.3) is 11.6 Å². The Morgan fingerprint density at radius 3 is 2.65 bits per heavy atom. The first-order valence-electron chi connectivity index (χ1n) is 8.29. The number of nitriles is 1. The third kappa shape index (κ3) is 3.22. The van der Waals surface area contributed by atoms with Crippen LogP contribution >= 0.6 is 0 Å². The average Bonchev–Trinajstić information content (AvgIpc) is 3.05. The molecule has 1 aliphatic carbocycles. The summed E-state index contributed by atoms with van der Waals surface area (Å²) in [6.07, 6.45) is -0.295. The monoisotopic (exact) mass is 367 g/mol. The number of halogens is 2. The van der Waals surface area contributed by atoms with Gasteiger partial charge in [0.1, 0.15) is 5.69 Å². The summed E-state index contributed by atoms with van der Waals surface area (Å²) >= 11 is 0. The Morgan fingerprint density at radius 1 is 1.35 bits per heavy atom. The second kappa shape index (κ2) is 6.45. The molecule has 1 atom stereocenters. The van der Waals surface area contributed by atoms with Crippen molar-refractivity contribution >= 4 is 11.4 Å². The maximum absolute atomic E-state index is 14.7. The predicted molar refractivity (Wildman–Crippen MR) is 87.8 cm³/mol. The number of alkyl halides is 2. The van der Waals surface area contributed by atoms with Crippen molar-refractivity contribution in [1.29, 1.82) is 5.26 Å². The van der Waals surface area contributed by atoms with E-state index >= 15 is 0 Å². The van der Waals surface area contributed by atoms with Crippen LogP contribution in [0.5, 0.6) is 0 Å². The van der Waals surface area contributed by atoms with E-state index in [0.29, 0.717) is 13.2 Å². The molecule has 1 N–H and O–H groups in total. The van der Waals surface area contributed by atoms with Crippen molar-refractivity contribution in [3.05, 3.63) is 33.9 Å². The van der Waals surface area contributed by atoms with Gasteiger partial charge in [-0.3, -0.25) is 10.1 Å². The quantitative estimate of drug-likeness (QED) is 0.647.